The smallest absolute Gasteiger partial charge is 0.328 e. The monoisotopic (exact) mass is 377 g/mol. The van der Waals surface area contributed by atoms with Crippen LogP contribution < -0.4 is 10.2 Å². The van der Waals surface area contributed by atoms with Crippen molar-refractivity contribution < 1.29 is 29.4 Å². The number of carboxylic acids is 2. The van der Waals surface area contributed by atoms with Crippen molar-refractivity contribution in [3.63, 3.8) is 0 Å². The van der Waals surface area contributed by atoms with Gasteiger partial charge in [-0.3, -0.25) is 24.3 Å². The third-order valence-corrected chi connectivity index (χ3v) is 3.83. The van der Waals surface area contributed by atoms with Crippen LogP contribution in [0.15, 0.2) is 35.3 Å². The van der Waals surface area contributed by atoms with Gasteiger partial charge < -0.3 is 15.5 Å². The molecule has 26 heavy (non-hydrogen) atoms. The second-order valence-corrected chi connectivity index (χ2v) is 5.75. The van der Waals surface area contributed by atoms with E-state index in [0.717, 1.165) is 11.1 Å². The van der Waals surface area contributed by atoms with Crippen LogP contribution in [0.5, 0.6) is 0 Å². The number of benzene rings is 1. The number of thiocarbonyl (C=S) groups is 1. The second kappa shape index (κ2) is 8.30. The Morgan fingerprint density at radius 2 is 1.92 bits per heavy atom. The van der Waals surface area contributed by atoms with Gasteiger partial charge in [0.05, 0.1) is 5.69 Å². The minimum Gasteiger partial charge on any atom is -0.481 e. The maximum atomic E-state index is 12.6. The molecular formula is C16H15N3O6S. The van der Waals surface area contributed by atoms with Gasteiger partial charge in [0.2, 0.25) is 5.91 Å². The van der Waals surface area contributed by atoms with Gasteiger partial charge >= 0.3 is 11.9 Å². The zero-order valence-electron chi connectivity index (χ0n) is 13.4. The lowest BCUT2D eigenvalue weighted by molar-refractivity contribution is -0.140. The quantitative estimate of drug-likeness (QED) is 0.356. The molecule has 1 saturated heterocycles. The molecule has 0 radical (unpaired) electrons. The molecule has 2 rings (SSSR count). The Kier molecular flexibility index (Phi) is 6.12. The van der Waals surface area contributed by atoms with Crippen molar-refractivity contribution in [3.8, 4) is 0 Å². The highest BCUT2D eigenvalue weighted by Gasteiger charge is 2.38. The van der Waals surface area contributed by atoms with Crippen LogP contribution in [0.4, 0.5) is 5.69 Å². The molecule has 10 heteroatoms. The summed E-state index contributed by atoms with van der Waals surface area (Å²) in [6.07, 6.45) is 0.264. The molecule has 136 valence electrons. The number of anilines is 1. The summed E-state index contributed by atoms with van der Waals surface area (Å²) in [7, 11) is 0. The van der Waals surface area contributed by atoms with Crippen molar-refractivity contribution in [2.75, 3.05) is 4.90 Å². The maximum absolute atomic E-state index is 12.6. The van der Waals surface area contributed by atoms with Crippen LogP contribution >= 0.6 is 12.2 Å². The average Bonchev–Trinajstić information content (AvgIpc) is 2.57. The van der Waals surface area contributed by atoms with Crippen LogP contribution in [0.25, 0.3) is 0 Å². The molecule has 3 N–H and O–H groups in total. The van der Waals surface area contributed by atoms with Gasteiger partial charge in [-0.15, -0.1) is 0 Å². The van der Waals surface area contributed by atoms with E-state index in [1.165, 1.54) is 0 Å². The first-order valence-electron chi connectivity index (χ1n) is 7.53. The highest BCUT2D eigenvalue weighted by molar-refractivity contribution is 7.80. The number of carboxylic acid groups (broad SMARTS) is 2. The summed E-state index contributed by atoms with van der Waals surface area (Å²) >= 11 is 5.03. The maximum Gasteiger partial charge on any atom is 0.328 e. The Morgan fingerprint density at radius 3 is 2.50 bits per heavy atom. The Bertz CT molecular complexity index is 779. The molecule has 1 fully saturated rings. The normalized spacial score (nSPS) is 18.7. The van der Waals surface area contributed by atoms with E-state index < -0.39 is 42.1 Å². The fraction of sp³-hybridized carbons (Fsp3) is 0.250. The van der Waals surface area contributed by atoms with Gasteiger partial charge in [-0.1, -0.05) is 18.2 Å². The SMILES string of the molecule is O=C(O)CC[C@@H](N=C[C@H]1C(=O)NC(=S)N(c2ccccc2)C1=O)C(=O)O. The van der Waals surface area contributed by atoms with E-state index in [0.29, 0.717) is 5.69 Å². The topological polar surface area (TPSA) is 136 Å². The third-order valence-electron chi connectivity index (χ3n) is 3.55. The van der Waals surface area contributed by atoms with E-state index in [1.807, 2.05) is 0 Å². The minimum absolute atomic E-state index is 0.0866. The van der Waals surface area contributed by atoms with E-state index in [4.69, 9.17) is 22.4 Å². The first kappa shape index (κ1) is 19.2. The van der Waals surface area contributed by atoms with Crippen LogP contribution in [0.3, 0.4) is 0 Å². The zero-order valence-corrected chi connectivity index (χ0v) is 14.2. The van der Waals surface area contributed by atoms with Gasteiger partial charge in [-0.25, -0.2) is 4.79 Å². The average molecular weight is 377 g/mol. The molecule has 2 atom stereocenters. The zero-order chi connectivity index (χ0) is 19.3. The van der Waals surface area contributed by atoms with Gasteiger partial charge in [-0.2, -0.15) is 0 Å². The van der Waals surface area contributed by atoms with Crippen LogP contribution in [0.1, 0.15) is 12.8 Å². The highest BCUT2D eigenvalue weighted by Crippen LogP contribution is 2.20. The van der Waals surface area contributed by atoms with Gasteiger partial charge in [-0.05, 0) is 30.8 Å². The van der Waals surface area contributed by atoms with E-state index in [1.54, 1.807) is 30.3 Å². The van der Waals surface area contributed by atoms with Gasteiger partial charge in [0.25, 0.3) is 5.91 Å². The van der Waals surface area contributed by atoms with Crippen molar-refractivity contribution >= 4 is 53.0 Å². The Hall–Kier alpha value is -3.14. The molecule has 9 nitrogen and oxygen atoms in total. The summed E-state index contributed by atoms with van der Waals surface area (Å²) in [6.45, 7) is 0. The van der Waals surface area contributed by atoms with E-state index in [2.05, 4.69) is 10.3 Å². The van der Waals surface area contributed by atoms with Gasteiger partial charge in [0.1, 0.15) is 6.04 Å². The number of carbonyl (C=O) groups is 4. The van der Waals surface area contributed by atoms with Crippen LogP contribution in [0, 0.1) is 5.92 Å². The van der Waals surface area contributed by atoms with E-state index >= 15 is 0 Å². The van der Waals surface area contributed by atoms with Gasteiger partial charge in [0.15, 0.2) is 11.0 Å². The minimum atomic E-state index is -1.37. The van der Waals surface area contributed by atoms with Crippen molar-refractivity contribution in [2.24, 2.45) is 10.9 Å². The first-order chi connectivity index (χ1) is 12.3. The molecular weight excluding hydrogens is 362 g/mol. The molecule has 1 aromatic rings. The van der Waals surface area contributed by atoms with Crippen molar-refractivity contribution in [1.82, 2.24) is 5.32 Å². The lowest BCUT2D eigenvalue weighted by Gasteiger charge is -2.30. The first-order valence-corrected chi connectivity index (χ1v) is 7.94. The van der Waals surface area contributed by atoms with Crippen LogP contribution in [0.2, 0.25) is 0 Å². The molecule has 1 aliphatic rings. The molecule has 0 saturated carbocycles. The van der Waals surface area contributed by atoms with Crippen molar-refractivity contribution in [2.45, 2.75) is 18.9 Å². The predicted molar refractivity (Wildman–Crippen MR) is 94.9 cm³/mol. The second-order valence-electron chi connectivity index (χ2n) is 5.37. The summed E-state index contributed by atoms with van der Waals surface area (Å²) < 4.78 is 0. The van der Waals surface area contributed by atoms with E-state index in [-0.39, 0.29) is 11.5 Å². The van der Waals surface area contributed by atoms with Crippen molar-refractivity contribution in [3.05, 3.63) is 30.3 Å². The number of nitrogens with zero attached hydrogens (tertiary/aromatic N) is 2. The fourth-order valence-electron chi connectivity index (χ4n) is 2.26. The van der Waals surface area contributed by atoms with Gasteiger partial charge in [0, 0.05) is 12.6 Å². The molecule has 1 heterocycles. The molecule has 0 aromatic heterocycles. The summed E-state index contributed by atoms with van der Waals surface area (Å²) in [5.41, 5.74) is 0.446. The summed E-state index contributed by atoms with van der Waals surface area (Å²) in [5, 5.41) is 20.0. The summed E-state index contributed by atoms with van der Waals surface area (Å²) in [4.78, 5) is 51.3. The Morgan fingerprint density at radius 1 is 1.27 bits per heavy atom. The lowest BCUT2D eigenvalue weighted by atomic mass is 10.1. The number of aliphatic imine (C=N–C) groups is 1. The van der Waals surface area contributed by atoms with E-state index in [9.17, 15) is 19.2 Å². The number of rotatable bonds is 7. The number of amides is 2. The van der Waals surface area contributed by atoms with Crippen LogP contribution in [-0.2, 0) is 19.2 Å². The number of para-hydroxylation sites is 1. The molecule has 0 aliphatic carbocycles. The fourth-order valence-corrected chi connectivity index (χ4v) is 2.55. The largest absolute Gasteiger partial charge is 0.481 e. The highest BCUT2D eigenvalue weighted by atomic mass is 32.1. The molecule has 0 spiro atoms. The summed E-state index contributed by atoms with van der Waals surface area (Å²) in [5.74, 6) is -5.27. The number of carbonyl (C=O) groups excluding carboxylic acids is 2. The predicted octanol–water partition coefficient (Wildman–Crippen LogP) is 0.439. The number of hydrogen-bond donors (Lipinski definition) is 3. The molecule has 1 aromatic carbocycles. The number of nitrogens with one attached hydrogen (secondary N) is 1. The number of hydrogen-bond acceptors (Lipinski definition) is 6. The third kappa shape index (κ3) is 4.48. The van der Waals surface area contributed by atoms with Crippen molar-refractivity contribution in [1.29, 1.82) is 0 Å². The Balaban J connectivity index is 2.22. The summed E-state index contributed by atoms with van der Waals surface area (Å²) in [6, 6.07) is 7.02. The molecule has 2 amide bonds. The molecule has 1 aliphatic heterocycles. The molecule has 0 bridgehead atoms. The number of aliphatic carboxylic acids is 2. The Labute approximate surface area is 153 Å². The molecule has 0 unspecified atom stereocenters. The standard InChI is InChI=1S/C16H15N3O6S/c20-12(21)7-6-11(15(24)25)17-8-10-13(22)18-16(26)19(14(10)23)9-4-2-1-3-5-9/h1-5,8,10-11H,6-7H2,(H,20,21)(H,24,25)(H,18,22,26)/t10-,11+/m0/s1. The lowest BCUT2D eigenvalue weighted by Crippen LogP contribution is -2.58. The van der Waals surface area contributed by atoms with Crippen LogP contribution in [-0.4, -0.2) is 51.3 Å².